The van der Waals surface area contributed by atoms with Gasteiger partial charge in [0.2, 0.25) is 0 Å². The highest BCUT2D eigenvalue weighted by molar-refractivity contribution is 7.92. The summed E-state index contributed by atoms with van der Waals surface area (Å²) < 4.78 is 32.1. The van der Waals surface area contributed by atoms with Crippen LogP contribution in [0.4, 0.5) is 0 Å². The topological polar surface area (TPSA) is 69.4 Å². The Balaban J connectivity index is 2.09. The van der Waals surface area contributed by atoms with Crippen LogP contribution in [0.15, 0.2) is 53.4 Å². The van der Waals surface area contributed by atoms with Crippen molar-refractivity contribution in [3.8, 4) is 0 Å². The molecule has 1 aliphatic rings. The Bertz CT molecular complexity index is 942. The Kier molecular flexibility index (Phi) is 5.64. The summed E-state index contributed by atoms with van der Waals surface area (Å²) in [6.45, 7) is 2.23. The molecule has 3 atom stereocenters. The van der Waals surface area contributed by atoms with Crippen molar-refractivity contribution in [1.29, 1.82) is 0 Å². The van der Waals surface area contributed by atoms with Gasteiger partial charge in [0.25, 0.3) is 0 Å². The minimum atomic E-state index is -3.68. The van der Waals surface area contributed by atoms with Gasteiger partial charge >= 0.3 is 0 Å². The second-order valence-electron chi connectivity index (χ2n) is 6.83. The minimum absolute atomic E-state index is 0.153. The second kappa shape index (κ2) is 7.51. The summed E-state index contributed by atoms with van der Waals surface area (Å²) in [6.07, 6.45) is 0.913. The standard InChI is InChI=1S/C20H22ClNO3S2/c1-3-13-4-6-14(7-5-13)17-18(20(17,12-25-2)19(22)26)27(23,24)16-10-8-15(21)9-11-16/h4-11,17-18H,3,12H2,1-2H3,(H2,22,26)/t17-,18-,20-/m1/s1. The number of sulfone groups is 1. The molecule has 0 spiro atoms. The molecular weight excluding hydrogens is 402 g/mol. The first-order valence-corrected chi connectivity index (χ1v) is 11.0. The molecule has 1 aliphatic carbocycles. The molecule has 7 heteroatoms. The number of benzene rings is 2. The maximum atomic E-state index is 13.4. The van der Waals surface area contributed by atoms with Crippen LogP contribution in [-0.4, -0.2) is 32.4 Å². The van der Waals surface area contributed by atoms with Crippen LogP contribution in [-0.2, 0) is 21.0 Å². The molecule has 0 saturated heterocycles. The first-order valence-electron chi connectivity index (χ1n) is 8.66. The molecule has 4 nitrogen and oxygen atoms in total. The van der Waals surface area contributed by atoms with Gasteiger partial charge in [0.1, 0.15) is 0 Å². The van der Waals surface area contributed by atoms with Gasteiger partial charge in [-0.3, -0.25) is 0 Å². The Morgan fingerprint density at radius 1 is 1.19 bits per heavy atom. The van der Waals surface area contributed by atoms with E-state index in [0.29, 0.717) is 5.02 Å². The fraction of sp³-hybridized carbons (Fsp3) is 0.350. The minimum Gasteiger partial charge on any atom is -0.393 e. The number of rotatable bonds is 7. The van der Waals surface area contributed by atoms with Crippen LogP contribution in [0.2, 0.25) is 5.02 Å². The Morgan fingerprint density at radius 2 is 1.78 bits per heavy atom. The molecule has 1 fully saturated rings. The van der Waals surface area contributed by atoms with Crippen molar-refractivity contribution in [3.05, 3.63) is 64.7 Å². The van der Waals surface area contributed by atoms with Crippen molar-refractivity contribution in [3.63, 3.8) is 0 Å². The van der Waals surface area contributed by atoms with E-state index in [1.165, 1.54) is 24.8 Å². The van der Waals surface area contributed by atoms with Crippen LogP contribution < -0.4 is 5.73 Å². The molecule has 0 radical (unpaired) electrons. The number of ether oxygens (including phenoxy) is 1. The summed E-state index contributed by atoms with van der Waals surface area (Å²) in [5.41, 5.74) is 7.22. The molecule has 2 N–H and O–H groups in total. The zero-order valence-electron chi connectivity index (χ0n) is 15.2. The van der Waals surface area contributed by atoms with Gasteiger partial charge in [-0.2, -0.15) is 0 Å². The second-order valence-corrected chi connectivity index (χ2v) is 9.78. The maximum absolute atomic E-state index is 13.4. The number of thiocarbonyl (C=S) groups is 1. The number of nitrogens with two attached hydrogens (primary N) is 1. The van der Waals surface area contributed by atoms with Crippen LogP contribution in [0, 0.1) is 5.41 Å². The van der Waals surface area contributed by atoms with Crippen molar-refractivity contribution in [2.75, 3.05) is 13.7 Å². The summed E-state index contributed by atoms with van der Waals surface area (Å²) in [7, 11) is -2.15. The number of halogens is 1. The summed E-state index contributed by atoms with van der Waals surface area (Å²) >= 11 is 11.2. The quantitative estimate of drug-likeness (QED) is 0.686. The number of aryl methyl sites for hydroxylation is 1. The zero-order chi connectivity index (χ0) is 19.8. The molecular formula is C20H22ClNO3S2. The van der Waals surface area contributed by atoms with Gasteiger partial charge in [-0.15, -0.1) is 0 Å². The van der Waals surface area contributed by atoms with Gasteiger partial charge in [0, 0.05) is 18.1 Å². The first-order chi connectivity index (χ1) is 12.8. The van der Waals surface area contributed by atoms with E-state index in [9.17, 15) is 8.42 Å². The molecule has 0 unspecified atom stereocenters. The van der Waals surface area contributed by atoms with Crippen LogP contribution in [0.5, 0.6) is 0 Å². The number of hydrogen-bond donors (Lipinski definition) is 1. The van der Waals surface area contributed by atoms with Crippen LogP contribution >= 0.6 is 23.8 Å². The monoisotopic (exact) mass is 423 g/mol. The molecule has 0 aromatic heterocycles. The molecule has 1 saturated carbocycles. The van der Waals surface area contributed by atoms with Gasteiger partial charge in [-0.05, 0) is 41.8 Å². The van der Waals surface area contributed by atoms with Crippen molar-refractivity contribution in [2.24, 2.45) is 11.1 Å². The highest BCUT2D eigenvalue weighted by Gasteiger charge is 2.73. The van der Waals surface area contributed by atoms with Gasteiger partial charge in [-0.25, -0.2) is 8.42 Å². The maximum Gasteiger partial charge on any atom is 0.182 e. The zero-order valence-corrected chi connectivity index (χ0v) is 17.6. The van der Waals surface area contributed by atoms with Crippen molar-refractivity contribution >= 4 is 38.6 Å². The van der Waals surface area contributed by atoms with Gasteiger partial charge < -0.3 is 10.5 Å². The fourth-order valence-electron chi connectivity index (χ4n) is 3.84. The third-order valence-corrected chi connectivity index (χ3v) is 8.24. The Hall–Kier alpha value is -1.47. The first kappa shape index (κ1) is 20.3. The predicted octanol–water partition coefficient (Wildman–Crippen LogP) is 3.76. The lowest BCUT2D eigenvalue weighted by Crippen LogP contribution is -2.33. The molecule has 0 aliphatic heterocycles. The van der Waals surface area contributed by atoms with E-state index in [1.807, 2.05) is 24.3 Å². The van der Waals surface area contributed by atoms with E-state index in [4.69, 9.17) is 34.3 Å². The molecule has 144 valence electrons. The van der Waals surface area contributed by atoms with Gasteiger partial charge in [-0.1, -0.05) is 55.0 Å². The Morgan fingerprint density at radius 3 is 2.26 bits per heavy atom. The van der Waals surface area contributed by atoms with Gasteiger partial charge in [0.15, 0.2) is 9.84 Å². The number of methoxy groups -OCH3 is 1. The van der Waals surface area contributed by atoms with Crippen molar-refractivity contribution in [2.45, 2.75) is 29.4 Å². The van der Waals surface area contributed by atoms with E-state index >= 15 is 0 Å². The average molecular weight is 424 g/mol. The third-order valence-electron chi connectivity index (χ3n) is 5.32. The summed E-state index contributed by atoms with van der Waals surface area (Å²) in [5, 5.41) is -0.287. The molecule has 0 heterocycles. The molecule has 0 amide bonds. The van der Waals surface area contributed by atoms with Crippen molar-refractivity contribution in [1.82, 2.24) is 0 Å². The SMILES string of the molecule is CCc1ccc([C@@H]2[C@@H](S(=O)(=O)c3ccc(Cl)cc3)[C@]2(COC)C(N)=S)cc1. The molecule has 27 heavy (non-hydrogen) atoms. The highest BCUT2D eigenvalue weighted by atomic mass is 35.5. The molecule has 2 aromatic rings. The predicted molar refractivity (Wildman–Crippen MR) is 112 cm³/mol. The lowest BCUT2D eigenvalue weighted by Gasteiger charge is -2.16. The average Bonchev–Trinajstić information content (AvgIpc) is 3.33. The van der Waals surface area contributed by atoms with E-state index < -0.39 is 20.5 Å². The normalized spacial score (nSPS) is 24.6. The van der Waals surface area contributed by atoms with Crippen LogP contribution in [0.3, 0.4) is 0 Å². The van der Waals surface area contributed by atoms with Gasteiger partial charge in [0.05, 0.1) is 27.2 Å². The highest BCUT2D eigenvalue weighted by Crippen LogP contribution is 2.64. The number of hydrogen-bond acceptors (Lipinski definition) is 4. The fourth-order valence-corrected chi connectivity index (χ4v) is 6.74. The summed E-state index contributed by atoms with van der Waals surface area (Å²) in [4.78, 5) is 0.373. The van der Waals surface area contributed by atoms with E-state index in [-0.39, 0.29) is 22.4 Å². The summed E-state index contributed by atoms with van der Waals surface area (Å²) in [6, 6.07) is 14.1. The van der Waals surface area contributed by atoms with E-state index in [0.717, 1.165) is 12.0 Å². The third kappa shape index (κ3) is 3.40. The van der Waals surface area contributed by atoms with E-state index in [2.05, 4.69) is 6.92 Å². The lowest BCUT2D eigenvalue weighted by atomic mass is 9.98. The Labute approximate surface area is 170 Å². The van der Waals surface area contributed by atoms with Crippen LogP contribution in [0.25, 0.3) is 0 Å². The molecule has 2 aromatic carbocycles. The molecule has 3 rings (SSSR count). The largest absolute Gasteiger partial charge is 0.393 e. The molecule has 0 bridgehead atoms. The lowest BCUT2D eigenvalue weighted by molar-refractivity contribution is 0.166. The smallest absolute Gasteiger partial charge is 0.182 e. The van der Waals surface area contributed by atoms with Crippen molar-refractivity contribution < 1.29 is 13.2 Å². The van der Waals surface area contributed by atoms with E-state index in [1.54, 1.807) is 12.1 Å². The van der Waals surface area contributed by atoms with Crippen LogP contribution in [0.1, 0.15) is 24.0 Å². The summed E-state index contributed by atoms with van der Waals surface area (Å²) in [5.74, 6) is -0.346.